The van der Waals surface area contributed by atoms with E-state index in [9.17, 15) is 9.59 Å². The maximum absolute atomic E-state index is 10.9. The average Bonchev–Trinajstić information content (AvgIpc) is 2.09. The lowest BCUT2D eigenvalue weighted by Gasteiger charge is -2.16. The molecule has 1 saturated heterocycles. The molecule has 10 heavy (non-hydrogen) atoms. The van der Waals surface area contributed by atoms with E-state index >= 15 is 0 Å². The van der Waals surface area contributed by atoms with E-state index in [2.05, 4.69) is 10.7 Å². The maximum Gasteiger partial charge on any atom is 0.248 e. The number of carbonyl (C=O) groups is 2. The van der Waals surface area contributed by atoms with Gasteiger partial charge in [0.05, 0.1) is 6.42 Å². The third kappa shape index (κ3) is 0.891. The van der Waals surface area contributed by atoms with Gasteiger partial charge in [-0.05, 0) is 6.92 Å². The van der Waals surface area contributed by atoms with Crippen LogP contribution in [0.5, 0.6) is 0 Å². The van der Waals surface area contributed by atoms with Crippen molar-refractivity contribution in [2.45, 2.75) is 18.9 Å². The molecular weight excluding hydrogens is 134 g/mol. The summed E-state index contributed by atoms with van der Waals surface area (Å²) in [5.41, 5.74) is 1.38. The van der Waals surface area contributed by atoms with Crippen LogP contribution in [0.3, 0.4) is 0 Å². The van der Waals surface area contributed by atoms with Crippen LogP contribution in [0.4, 0.5) is 0 Å². The first kappa shape index (κ1) is 7.17. The fourth-order valence-electron chi connectivity index (χ4n) is 0.827. The number of nitrogens with one attached hydrogen (secondary N) is 2. The molecule has 0 spiro atoms. The molecule has 1 unspecified atom stereocenters. The van der Waals surface area contributed by atoms with Crippen molar-refractivity contribution in [3.63, 3.8) is 0 Å². The molecule has 1 rings (SSSR count). The van der Waals surface area contributed by atoms with Crippen molar-refractivity contribution in [3.05, 3.63) is 0 Å². The average molecular weight is 143 g/mol. The molecule has 4 N–H and O–H groups in total. The summed E-state index contributed by atoms with van der Waals surface area (Å²) < 4.78 is 0. The van der Waals surface area contributed by atoms with E-state index < -0.39 is 5.54 Å². The Hall–Kier alpha value is -0.940. The summed E-state index contributed by atoms with van der Waals surface area (Å²) in [6.45, 7) is 1.58. The van der Waals surface area contributed by atoms with Crippen LogP contribution in [-0.2, 0) is 9.59 Å². The molecule has 0 aromatic heterocycles. The van der Waals surface area contributed by atoms with Crippen molar-refractivity contribution in [1.82, 2.24) is 10.7 Å². The lowest BCUT2D eigenvalue weighted by Crippen LogP contribution is -2.51. The molecule has 1 atom stereocenters. The Morgan fingerprint density at radius 3 is 2.50 bits per heavy atom. The minimum Gasteiger partial charge on any atom is -0.295 e. The molecule has 1 fully saturated rings. The highest BCUT2D eigenvalue weighted by Gasteiger charge is 2.41. The summed E-state index contributed by atoms with van der Waals surface area (Å²) in [6.07, 6.45) is 0.113. The van der Waals surface area contributed by atoms with Crippen LogP contribution in [0, 0.1) is 0 Å². The van der Waals surface area contributed by atoms with Gasteiger partial charge in [-0.3, -0.25) is 20.7 Å². The summed E-state index contributed by atoms with van der Waals surface area (Å²) in [6, 6.07) is 0. The van der Waals surface area contributed by atoms with Gasteiger partial charge in [0.2, 0.25) is 11.8 Å². The van der Waals surface area contributed by atoms with Gasteiger partial charge >= 0.3 is 0 Å². The SMILES string of the molecule is CC1(NN)CC(=O)NC1=O. The van der Waals surface area contributed by atoms with Crippen molar-refractivity contribution in [2.75, 3.05) is 0 Å². The van der Waals surface area contributed by atoms with Gasteiger partial charge in [-0.25, -0.2) is 5.43 Å². The molecule has 0 aromatic carbocycles. The zero-order chi connectivity index (χ0) is 7.78. The van der Waals surface area contributed by atoms with Crippen LogP contribution in [0.2, 0.25) is 0 Å². The third-order valence-corrected chi connectivity index (χ3v) is 1.59. The number of carbonyl (C=O) groups excluding carboxylic acids is 2. The van der Waals surface area contributed by atoms with Crippen LogP contribution >= 0.6 is 0 Å². The van der Waals surface area contributed by atoms with Gasteiger partial charge in [-0.15, -0.1) is 0 Å². The highest BCUT2D eigenvalue weighted by atomic mass is 16.2. The summed E-state index contributed by atoms with van der Waals surface area (Å²) >= 11 is 0. The van der Waals surface area contributed by atoms with Gasteiger partial charge in [0, 0.05) is 0 Å². The fraction of sp³-hybridized carbons (Fsp3) is 0.600. The molecule has 0 saturated carbocycles. The molecule has 0 aliphatic carbocycles. The third-order valence-electron chi connectivity index (χ3n) is 1.59. The van der Waals surface area contributed by atoms with Crippen molar-refractivity contribution in [1.29, 1.82) is 0 Å². The van der Waals surface area contributed by atoms with Gasteiger partial charge in [-0.2, -0.15) is 0 Å². The molecule has 5 nitrogen and oxygen atoms in total. The summed E-state index contributed by atoms with van der Waals surface area (Å²) in [5, 5.41) is 2.14. The Labute approximate surface area is 57.9 Å². The molecule has 1 aliphatic heterocycles. The first-order chi connectivity index (χ1) is 4.58. The Morgan fingerprint density at radius 1 is 1.70 bits per heavy atom. The van der Waals surface area contributed by atoms with Crippen molar-refractivity contribution in [3.8, 4) is 0 Å². The lowest BCUT2D eigenvalue weighted by atomic mass is 10.0. The summed E-state index contributed by atoms with van der Waals surface area (Å²) in [5.74, 6) is 4.41. The smallest absolute Gasteiger partial charge is 0.248 e. The summed E-state index contributed by atoms with van der Waals surface area (Å²) in [4.78, 5) is 21.5. The second-order valence-electron chi connectivity index (χ2n) is 2.53. The molecule has 1 aliphatic rings. The van der Waals surface area contributed by atoms with Crippen LogP contribution in [0.25, 0.3) is 0 Å². The van der Waals surface area contributed by atoms with E-state index in [0.29, 0.717) is 0 Å². The number of hydrazine groups is 1. The predicted octanol–water partition coefficient (Wildman–Crippen LogP) is -1.75. The van der Waals surface area contributed by atoms with Crippen LogP contribution in [0.1, 0.15) is 13.3 Å². The van der Waals surface area contributed by atoms with Gasteiger partial charge in [0.15, 0.2) is 0 Å². The molecule has 0 radical (unpaired) electrons. The molecule has 2 amide bonds. The second kappa shape index (κ2) is 2.03. The number of imide groups is 1. The largest absolute Gasteiger partial charge is 0.295 e. The highest BCUT2D eigenvalue weighted by molar-refractivity contribution is 6.07. The second-order valence-corrected chi connectivity index (χ2v) is 2.53. The van der Waals surface area contributed by atoms with Crippen molar-refractivity contribution < 1.29 is 9.59 Å². The Balaban J connectivity index is 2.80. The standard InChI is InChI=1S/C5H9N3O2/c1-5(8-6)2-3(9)7-4(5)10/h8H,2,6H2,1H3,(H,7,9,10). The van der Waals surface area contributed by atoms with Crippen molar-refractivity contribution >= 4 is 11.8 Å². The van der Waals surface area contributed by atoms with Crippen LogP contribution < -0.4 is 16.6 Å². The number of rotatable bonds is 1. The first-order valence-electron chi connectivity index (χ1n) is 2.90. The fourth-order valence-corrected chi connectivity index (χ4v) is 0.827. The molecule has 0 bridgehead atoms. The Kier molecular flexibility index (Phi) is 1.46. The number of nitrogens with two attached hydrogens (primary N) is 1. The number of amides is 2. The molecule has 5 heteroatoms. The van der Waals surface area contributed by atoms with Gasteiger partial charge in [-0.1, -0.05) is 0 Å². The molecule has 0 aromatic rings. The Bertz CT molecular complexity index is 191. The van der Waals surface area contributed by atoms with Crippen LogP contribution in [-0.4, -0.2) is 17.4 Å². The van der Waals surface area contributed by atoms with E-state index in [1.165, 1.54) is 0 Å². The first-order valence-corrected chi connectivity index (χ1v) is 2.90. The minimum absolute atomic E-state index is 0.113. The van der Waals surface area contributed by atoms with Gasteiger partial charge in [0.1, 0.15) is 5.54 Å². The van der Waals surface area contributed by atoms with E-state index in [-0.39, 0.29) is 18.2 Å². The van der Waals surface area contributed by atoms with E-state index in [4.69, 9.17) is 5.84 Å². The number of hydrogen-bond acceptors (Lipinski definition) is 4. The van der Waals surface area contributed by atoms with E-state index in [1.807, 2.05) is 0 Å². The zero-order valence-corrected chi connectivity index (χ0v) is 5.60. The van der Waals surface area contributed by atoms with Crippen LogP contribution in [0.15, 0.2) is 0 Å². The minimum atomic E-state index is -0.906. The molecule has 1 heterocycles. The van der Waals surface area contributed by atoms with E-state index in [1.54, 1.807) is 6.92 Å². The van der Waals surface area contributed by atoms with Gasteiger partial charge < -0.3 is 0 Å². The van der Waals surface area contributed by atoms with Crippen molar-refractivity contribution in [2.24, 2.45) is 5.84 Å². The normalized spacial score (nSPS) is 32.6. The zero-order valence-electron chi connectivity index (χ0n) is 5.60. The molecular formula is C5H9N3O2. The predicted molar refractivity (Wildman–Crippen MR) is 33.5 cm³/mol. The Morgan fingerprint density at radius 2 is 2.30 bits per heavy atom. The quantitative estimate of drug-likeness (QED) is 0.231. The highest BCUT2D eigenvalue weighted by Crippen LogP contribution is 2.13. The summed E-state index contributed by atoms with van der Waals surface area (Å²) in [7, 11) is 0. The van der Waals surface area contributed by atoms with Gasteiger partial charge in [0.25, 0.3) is 0 Å². The van der Waals surface area contributed by atoms with E-state index in [0.717, 1.165) is 0 Å². The number of hydrogen-bond donors (Lipinski definition) is 3. The lowest BCUT2D eigenvalue weighted by molar-refractivity contribution is -0.126. The monoisotopic (exact) mass is 143 g/mol. The molecule has 56 valence electrons. The maximum atomic E-state index is 10.9. The topological polar surface area (TPSA) is 84.2 Å².